The highest BCUT2D eigenvalue weighted by atomic mass is 32.2. The lowest BCUT2D eigenvalue weighted by atomic mass is 9.89. The number of thioether (sulfide) groups is 1. The van der Waals surface area contributed by atoms with Gasteiger partial charge in [-0.1, -0.05) is 38.5 Å². The Kier molecular flexibility index (Phi) is 4.06. The highest BCUT2D eigenvalue weighted by molar-refractivity contribution is 8.13. The second kappa shape index (κ2) is 5.21. The van der Waals surface area contributed by atoms with Gasteiger partial charge in [0.25, 0.3) is 0 Å². The summed E-state index contributed by atoms with van der Waals surface area (Å²) in [5.41, 5.74) is 0.788. The van der Waals surface area contributed by atoms with E-state index in [0.717, 1.165) is 19.4 Å². The van der Waals surface area contributed by atoms with Gasteiger partial charge in [-0.05, 0) is 38.0 Å². The Hall–Kier alpha value is -0.180. The minimum Gasteiger partial charge on any atom is -0.360 e. The third kappa shape index (κ3) is 2.98. The van der Waals surface area contributed by atoms with Crippen LogP contribution in [-0.2, 0) is 0 Å². The molecule has 98 valence electrons. The highest BCUT2D eigenvalue weighted by Crippen LogP contribution is 2.43. The summed E-state index contributed by atoms with van der Waals surface area (Å²) >= 11 is 1.96. The number of hydrogen-bond acceptors (Lipinski definition) is 3. The molecule has 0 unspecified atom stereocenters. The van der Waals surface area contributed by atoms with Crippen LogP contribution in [0.3, 0.4) is 0 Å². The molecule has 1 spiro atoms. The van der Waals surface area contributed by atoms with Crippen molar-refractivity contribution in [3.63, 3.8) is 0 Å². The second-order valence-electron chi connectivity index (χ2n) is 6.01. The summed E-state index contributed by atoms with van der Waals surface area (Å²) < 4.78 is 0. The predicted octanol–water partition coefficient (Wildman–Crippen LogP) is 3.82. The van der Waals surface area contributed by atoms with Crippen molar-refractivity contribution in [1.82, 2.24) is 5.32 Å². The summed E-state index contributed by atoms with van der Waals surface area (Å²) in [5, 5.41) is 4.84. The van der Waals surface area contributed by atoms with Gasteiger partial charge < -0.3 is 5.32 Å². The Bertz CT molecular complexity index is 289. The Balaban J connectivity index is 1.94. The van der Waals surface area contributed by atoms with Crippen LogP contribution in [0.25, 0.3) is 0 Å². The zero-order valence-corrected chi connectivity index (χ0v) is 12.3. The summed E-state index contributed by atoms with van der Waals surface area (Å²) in [6, 6.07) is 0. The van der Waals surface area contributed by atoms with Crippen LogP contribution in [0.1, 0.15) is 59.3 Å². The predicted molar refractivity (Wildman–Crippen MR) is 77.8 cm³/mol. The average molecular weight is 254 g/mol. The molecule has 1 aliphatic carbocycles. The van der Waals surface area contributed by atoms with Gasteiger partial charge in [0.05, 0.1) is 0 Å². The van der Waals surface area contributed by atoms with Crippen LogP contribution in [0, 0.1) is 5.41 Å². The Morgan fingerprint density at radius 1 is 1.29 bits per heavy atom. The van der Waals surface area contributed by atoms with Gasteiger partial charge in [0.2, 0.25) is 0 Å². The first-order chi connectivity index (χ1) is 8.11. The fourth-order valence-corrected chi connectivity index (χ4v) is 4.04. The quantitative estimate of drug-likeness (QED) is 0.828. The van der Waals surface area contributed by atoms with E-state index in [0.29, 0.717) is 5.41 Å². The summed E-state index contributed by atoms with van der Waals surface area (Å²) in [6.45, 7) is 7.87. The van der Waals surface area contributed by atoms with Gasteiger partial charge in [0, 0.05) is 17.8 Å². The fraction of sp³-hybridized carbons (Fsp3) is 0.929. The number of nitrogens with one attached hydrogen (secondary N) is 1. The lowest BCUT2D eigenvalue weighted by Gasteiger charge is -2.35. The van der Waals surface area contributed by atoms with Gasteiger partial charge in [0.15, 0.2) is 5.17 Å². The smallest absolute Gasteiger partial charge is 0.157 e. The summed E-state index contributed by atoms with van der Waals surface area (Å²) in [4.78, 5) is 4.81. The second-order valence-corrected chi connectivity index (χ2v) is 6.97. The van der Waals surface area contributed by atoms with Crippen LogP contribution < -0.4 is 5.32 Å². The van der Waals surface area contributed by atoms with Crippen LogP contribution in [0.4, 0.5) is 0 Å². The largest absolute Gasteiger partial charge is 0.360 e. The first-order valence-corrected chi connectivity index (χ1v) is 8.05. The maximum absolute atomic E-state index is 4.81. The molecular weight excluding hydrogens is 228 g/mol. The molecule has 1 saturated carbocycles. The molecule has 0 amide bonds. The van der Waals surface area contributed by atoms with Crippen molar-refractivity contribution in [2.24, 2.45) is 10.4 Å². The summed E-state index contributed by atoms with van der Waals surface area (Å²) in [7, 11) is 0. The Morgan fingerprint density at radius 2 is 1.94 bits per heavy atom. The van der Waals surface area contributed by atoms with Gasteiger partial charge in [-0.3, -0.25) is 4.99 Å². The molecule has 0 aromatic rings. The normalized spacial score (nSPS) is 23.8. The van der Waals surface area contributed by atoms with Gasteiger partial charge in [-0.15, -0.1) is 0 Å². The van der Waals surface area contributed by atoms with E-state index >= 15 is 0 Å². The van der Waals surface area contributed by atoms with Crippen LogP contribution in [0.15, 0.2) is 4.99 Å². The van der Waals surface area contributed by atoms with Gasteiger partial charge in [-0.25, -0.2) is 0 Å². The summed E-state index contributed by atoms with van der Waals surface area (Å²) in [5.74, 6) is 1.28. The van der Waals surface area contributed by atoms with E-state index in [1.807, 2.05) is 11.8 Å². The zero-order valence-electron chi connectivity index (χ0n) is 11.5. The molecule has 0 aromatic carbocycles. The first kappa shape index (κ1) is 13.3. The fourth-order valence-electron chi connectivity index (χ4n) is 2.74. The van der Waals surface area contributed by atoms with Crippen molar-refractivity contribution in [3.8, 4) is 0 Å². The Morgan fingerprint density at radius 3 is 2.41 bits per heavy atom. The molecule has 17 heavy (non-hydrogen) atoms. The SMILES string of the molecule is CCC(C)(CC)NC1=NCC2(CCCC2)CS1. The van der Waals surface area contributed by atoms with Crippen molar-refractivity contribution in [1.29, 1.82) is 0 Å². The third-order valence-electron chi connectivity index (χ3n) is 4.71. The molecule has 0 radical (unpaired) electrons. The Labute approximate surface area is 110 Å². The van der Waals surface area contributed by atoms with E-state index < -0.39 is 0 Å². The molecule has 2 nitrogen and oxygen atoms in total. The molecular formula is C14H26N2S. The highest BCUT2D eigenvalue weighted by Gasteiger charge is 2.37. The molecule has 2 rings (SSSR count). The molecule has 0 bridgehead atoms. The van der Waals surface area contributed by atoms with E-state index in [2.05, 4.69) is 26.1 Å². The molecule has 0 atom stereocenters. The first-order valence-electron chi connectivity index (χ1n) is 7.07. The summed E-state index contributed by atoms with van der Waals surface area (Å²) in [6.07, 6.45) is 7.95. The van der Waals surface area contributed by atoms with E-state index in [-0.39, 0.29) is 5.54 Å². The van der Waals surface area contributed by atoms with Crippen LogP contribution >= 0.6 is 11.8 Å². The lowest BCUT2D eigenvalue weighted by molar-refractivity contribution is 0.353. The maximum atomic E-state index is 4.81. The molecule has 0 saturated heterocycles. The third-order valence-corrected chi connectivity index (χ3v) is 5.97. The van der Waals surface area contributed by atoms with E-state index in [9.17, 15) is 0 Å². The van der Waals surface area contributed by atoms with Crippen LogP contribution in [0.2, 0.25) is 0 Å². The van der Waals surface area contributed by atoms with Crippen molar-refractivity contribution in [2.75, 3.05) is 12.3 Å². The van der Waals surface area contributed by atoms with Crippen molar-refractivity contribution < 1.29 is 0 Å². The lowest BCUT2D eigenvalue weighted by Crippen LogP contribution is -2.46. The number of nitrogens with zero attached hydrogens (tertiary/aromatic N) is 1. The standard InChI is InChI=1S/C14H26N2S/c1-4-13(3,5-2)16-12-15-10-14(11-17-12)8-6-7-9-14/h4-11H2,1-3H3,(H,15,16). The van der Waals surface area contributed by atoms with Crippen molar-refractivity contribution in [3.05, 3.63) is 0 Å². The average Bonchev–Trinajstić information content (AvgIpc) is 2.81. The molecule has 1 fully saturated rings. The minimum atomic E-state index is 0.228. The zero-order chi connectivity index (χ0) is 12.4. The van der Waals surface area contributed by atoms with E-state index in [4.69, 9.17) is 4.99 Å². The minimum absolute atomic E-state index is 0.228. The number of aliphatic imine (C=N–C) groups is 1. The maximum Gasteiger partial charge on any atom is 0.157 e. The number of rotatable bonds is 3. The van der Waals surface area contributed by atoms with Crippen LogP contribution in [0.5, 0.6) is 0 Å². The molecule has 1 heterocycles. The number of hydrogen-bond donors (Lipinski definition) is 1. The molecule has 3 heteroatoms. The van der Waals surface area contributed by atoms with Crippen LogP contribution in [-0.4, -0.2) is 23.0 Å². The van der Waals surface area contributed by atoms with E-state index in [1.54, 1.807) is 0 Å². The monoisotopic (exact) mass is 254 g/mol. The van der Waals surface area contributed by atoms with Gasteiger partial charge in [-0.2, -0.15) is 0 Å². The van der Waals surface area contributed by atoms with Gasteiger partial charge in [0.1, 0.15) is 0 Å². The number of amidine groups is 1. The van der Waals surface area contributed by atoms with Crippen molar-refractivity contribution >= 4 is 16.9 Å². The topological polar surface area (TPSA) is 24.4 Å². The molecule has 1 N–H and O–H groups in total. The molecule has 1 aliphatic heterocycles. The molecule has 2 aliphatic rings. The molecule has 0 aromatic heterocycles. The van der Waals surface area contributed by atoms with Crippen molar-refractivity contribution in [2.45, 2.75) is 64.8 Å². The van der Waals surface area contributed by atoms with E-state index in [1.165, 1.54) is 36.6 Å². The van der Waals surface area contributed by atoms with Gasteiger partial charge >= 0.3 is 0 Å².